The lowest BCUT2D eigenvalue weighted by Gasteiger charge is -2.28. The van der Waals surface area contributed by atoms with Crippen LogP contribution in [0.15, 0.2) is 60.0 Å². The number of thiazole rings is 1. The number of aryl methyl sites for hydroxylation is 2. The molecule has 0 aliphatic carbocycles. The fraction of sp³-hybridized carbons (Fsp3) is 0.300. The van der Waals surface area contributed by atoms with Crippen LogP contribution in [0.5, 0.6) is 5.75 Å². The summed E-state index contributed by atoms with van der Waals surface area (Å²) in [7, 11) is 3.38. The van der Waals surface area contributed by atoms with Gasteiger partial charge in [0.05, 0.1) is 19.7 Å². The Balaban J connectivity index is 1.56. The second-order valence-corrected chi connectivity index (χ2v) is 10.5. The number of likely N-dealkylation sites (N-methyl/N-ethyl adjacent to an activating group) is 1. The molecular formula is C30H32N4O3S. The maximum atomic E-state index is 14.0. The van der Waals surface area contributed by atoms with Gasteiger partial charge in [0, 0.05) is 27.9 Å². The predicted molar refractivity (Wildman–Crippen MR) is 153 cm³/mol. The van der Waals surface area contributed by atoms with Crippen LogP contribution in [0.4, 0.5) is 5.69 Å². The van der Waals surface area contributed by atoms with Crippen molar-refractivity contribution in [2.75, 3.05) is 19.1 Å². The van der Waals surface area contributed by atoms with Crippen LogP contribution in [0.2, 0.25) is 0 Å². The minimum atomic E-state index is -0.619. The van der Waals surface area contributed by atoms with Crippen molar-refractivity contribution < 1.29 is 14.3 Å². The van der Waals surface area contributed by atoms with E-state index < -0.39 is 12.1 Å². The second kappa shape index (κ2) is 10.9. The number of ether oxygens (including phenoxy) is 1. The molecule has 38 heavy (non-hydrogen) atoms. The molecule has 2 N–H and O–H groups in total. The molecule has 2 amide bonds. The first kappa shape index (κ1) is 25.9. The zero-order valence-corrected chi connectivity index (χ0v) is 22.9. The van der Waals surface area contributed by atoms with Gasteiger partial charge in [-0.2, -0.15) is 0 Å². The van der Waals surface area contributed by atoms with Gasteiger partial charge in [-0.15, -0.1) is 11.3 Å². The van der Waals surface area contributed by atoms with Gasteiger partial charge in [0.2, 0.25) is 11.8 Å². The lowest BCUT2D eigenvalue weighted by molar-refractivity contribution is -0.128. The Kier molecular flexibility index (Phi) is 7.44. The Morgan fingerprint density at radius 3 is 2.76 bits per heavy atom. The van der Waals surface area contributed by atoms with Gasteiger partial charge < -0.3 is 20.3 Å². The standard InChI is InChI=1S/C30H32N4O3S/c1-18-17-38-29(32-18)22-9-12-23-21(15-22)11-14-27(37-4)24(23)16-34-26-8-6-5-7-20(26)10-13-25(30(34)36)33-28(35)19(2)31-3/h5-9,11-12,14-15,17,19,25,31H,10,13,16H2,1-4H3,(H,33,35)/t19-,25-/m0/s1. The van der Waals surface area contributed by atoms with Crippen LogP contribution in [-0.2, 0) is 22.6 Å². The van der Waals surface area contributed by atoms with Gasteiger partial charge in [-0.3, -0.25) is 9.59 Å². The maximum Gasteiger partial charge on any atom is 0.249 e. The van der Waals surface area contributed by atoms with E-state index in [2.05, 4.69) is 39.9 Å². The van der Waals surface area contributed by atoms with Gasteiger partial charge in [-0.25, -0.2) is 4.98 Å². The molecule has 4 aromatic rings. The molecule has 0 unspecified atom stereocenters. The molecule has 1 aliphatic rings. The van der Waals surface area contributed by atoms with E-state index in [9.17, 15) is 9.59 Å². The lowest BCUT2D eigenvalue weighted by atomic mass is 10.00. The average Bonchev–Trinajstić information content (AvgIpc) is 3.33. The third-order valence-corrected chi connectivity index (χ3v) is 8.19. The number of fused-ring (bicyclic) bond motifs is 2. The number of nitrogens with one attached hydrogen (secondary N) is 2. The second-order valence-electron chi connectivity index (χ2n) is 9.64. The molecule has 0 radical (unpaired) electrons. The zero-order chi connectivity index (χ0) is 26.8. The summed E-state index contributed by atoms with van der Waals surface area (Å²) < 4.78 is 5.78. The molecule has 196 valence electrons. The number of para-hydroxylation sites is 1. The van der Waals surface area contributed by atoms with E-state index in [4.69, 9.17) is 4.74 Å². The SMILES string of the molecule is CN[C@@H](C)C(=O)N[C@H]1CCc2ccccc2N(Cc2c(OC)ccc3cc(-c4nc(C)cs4)ccc23)C1=O. The van der Waals surface area contributed by atoms with Crippen molar-refractivity contribution in [2.45, 2.75) is 45.3 Å². The van der Waals surface area contributed by atoms with E-state index in [1.54, 1.807) is 37.3 Å². The summed E-state index contributed by atoms with van der Waals surface area (Å²) in [6.07, 6.45) is 1.23. The molecule has 2 heterocycles. The first-order valence-electron chi connectivity index (χ1n) is 12.8. The number of nitrogens with zero attached hydrogens (tertiary/aromatic N) is 2. The fourth-order valence-electron chi connectivity index (χ4n) is 4.95. The molecule has 5 rings (SSSR count). The highest BCUT2D eigenvalue weighted by Crippen LogP contribution is 2.36. The van der Waals surface area contributed by atoms with Crippen LogP contribution >= 0.6 is 11.3 Å². The van der Waals surface area contributed by atoms with Crippen LogP contribution in [0.1, 0.15) is 30.2 Å². The normalized spacial score (nSPS) is 16.2. The summed E-state index contributed by atoms with van der Waals surface area (Å²) in [5.41, 5.74) is 4.93. The van der Waals surface area contributed by atoms with Crippen molar-refractivity contribution in [1.29, 1.82) is 0 Å². The number of carbonyl (C=O) groups excluding carboxylic acids is 2. The first-order chi connectivity index (χ1) is 18.4. The largest absolute Gasteiger partial charge is 0.496 e. The molecule has 8 heteroatoms. The molecule has 0 saturated carbocycles. The summed E-state index contributed by atoms with van der Waals surface area (Å²) in [4.78, 5) is 33.1. The molecule has 0 bridgehead atoms. The number of hydrogen-bond donors (Lipinski definition) is 2. The third-order valence-electron chi connectivity index (χ3n) is 7.18. The van der Waals surface area contributed by atoms with Crippen LogP contribution in [0.3, 0.4) is 0 Å². The number of methoxy groups -OCH3 is 1. The average molecular weight is 529 g/mol. The molecule has 7 nitrogen and oxygen atoms in total. The van der Waals surface area contributed by atoms with E-state index in [1.807, 2.05) is 42.6 Å². The first-order valence-corrected chi connectivity index (χ1v) is 13.7. The monoisotopic (exact) mass is 528 g/mol. The molecular weight excluding hydrogens is 496 g/mol. The van der Waals surface area contributed by atoms with Crippen molar-refractivity contribution in [1.82, 2.24) is 15.6 Å². The topological polar surface area (TPSA) is 83.6 Å². The van der Waals surface area contributed by atoms with Gasteiger partial charge in [-0.05, 0) is 68.3 Å². The molecule has 1 aromatic heterocycles. The number of hydrogen-bond acceptors (Lipinski definition) is 6. The summed E-state index contributed by atoms with van der Waals surface area (Å²) in [6, 6.07) is 17.3. The van der Waals surface area contributed by atoms with Crippen molar-refractivity contribution >= 4 is 39.6 Å². The smallest absolute Gasteiger partial charge is 0.249 e. The van der Waals surface area contributed by atoms with Gasteiger partial charge in [0.1, 0.15) is 16.8 Å². The Morgan fingerprint density at radius 2 is 2.03 bits per heavy atom. The van der Waals surface area contributed by atoms with Gasteiger partial charge in [0.15, 0.2) is 0 Å². The van der Waals surface area contributed by atoms with Crippen molar-refractivity contribution in [3.05, 3.63) is 76.8 Å². The summed E-state index contributed by atoms with van der Waals surface area (Å²) in [6.45, 7) is 4.10. The molecule has 2 atom stereocenters. The van der Waals surface area contributed by atoms with Gasteiger partial charge >= 0.3 is 0 Å². The maximum absolute atomic E-state index is 14.0. The Morgan fingerprint density at radius 1 is 1.21 bits per heavy atom. The van der Waals surface area contributed by atoms with E-state index in [0.717, 1.165) is 43.9 Å². The summed E-state index contributed by atoms with van der Waals surface area (Å²) >= 11 is 1.63. The zero-order valence-electron chi connectivity index (χ0n) is 22.1. The molecule has 0 fully saturated rings. The van der Waals surface area contributed by atoms with Crippen LogP contribution in [-0.4, -0.2) is 43.0 Å². The van der Waals surface area contributed by atoms with E-state index in [-0.39, 0.29) is 11.8 Å². The lowest BCUT2D eigenvalue weighted by Crippen LogP contribution is -2.52. The van der Waals surface area contributed by atoms with Crippen LogP contribution in [0.25, 0.3) is 21.3 Å². The number of amides is 2. The number of carbonyl (C=O) groups is 2. The van der Waals surface area contributed by atoms with Gasteiger partial charge in [0.25, 0.3) is 0 Å². The Bertz CT molecular complexity index is 1500. The van der Waals surface area contributed by atoms with Crippen LogP contribution in [0, 0.1) is 6.92 Å². The molecule has 1 aliphatic heterocycles. The highest BCUT2D eigenvalue weighted by atomic mass is 32.1. The highest BCUT2D eigenvalue weighted by Gasteiger charge is 2.33. The summed E-state index contributed by atoms with van der Waals surface area (Å²) in [5, 5.41) is 11.0. The predicted octanol–water partition coefficient (Wildman–Crippen LogP) is 4.85. The van der Waals surface area contributed by atoms with Crippen molar-refractivity contribution in [2.24, 2.45) is 0 Å². The Hall–Kier alpha value is -3.75. The fourth-order valence-corrected chi connectivity index (χ4v) is 5.74. The van der Waals surface area contributed by atoms with E-state index >= 15 is 0 Å². The third kappa shape index (κ3) is 5.01. The van der Waals surface area contributed by atoms with E-state index in [0.29, 0.717) is 25.1 Å². The van der Waals surface area contributed by atoms with Crippen LogP contribution < -0.4 is 20.3 Å². The highest BCUT2D eigenvalue weighted by molar-refractivity contribution is 7.13. The number of aromatic nitrogens is 1. The van der Waals surface area contributed by atoms with Gasteiger partial charge in [-0.1, -0.05) is 36.4 Å². The number of anilines is 1. The van der Waals surface area contributed by atoms with Crippen molar-refractivity contribution in [3.63, 3.8) is 0 Å². The Labute approximate surface area is 226 Å². The minimum absolute atomic E-state index is 0.124. The van der Waals surface area contributed by atoms with Crippen molar-refractivity contribution in [3.8, 4) is 16.3 Å². The number of benzene rings is 3. The minimum Gasteiger partial charge on any atom is -0.496 e. The number of rotatable bonds is 7. The van der Waals surface area contributed by atoms with E-state index in [1.165, 1.54) is 0 Å². The quantitative estimate of drug-likeness (QED) is 0.358. The molecule has 0 saturated heterocycles. The molecule has 3 aromatic carbocycles. The molecule has 0 spiro atoms. The summed E-state index contributed by atoms with van der Waals surface area (Å²) in [5.74, 6) is 0.402.